The van der Waals surface area contributed by atoms with Crippen LogP contribution in [0.2, 0.25) is 0 Å². The number of carbonyl (C=O) groups is 1. The van der Waals surface area contributed by atoms with Gasteiger partial charge in [0.25, 0.3) is 0 Å². The van der Waals surface area contributed by atoms with Gasteiger partial charge in [0.1, 0.15) is 0 Å². The maximum atomic E-state index is 12.0. The largest absolute Gasteiger partial charge is 0.350 e. The Balaban J connectivity index is 1.83. The molecule has 0 bridgehead atoms. The summed E-state index contributed by atoms with van der Waals surface area (Å²) in [5, 5.41) is 3.06. The number of amides is 1. The van der Waals surface area contributed by atoms with Gasteiger partial charge in [0.05, 0.1) is 6.04 Å². The molecule has 1 N–H and O–H groups in total. The Hall–Kier alpha value is -2.09. The molecule has 2 rings (SSSR count). The van der Waals surface area contributed by atoms with Gasteiger partial charge in [-0.1, -0.05) is 61.5 Å². The maximum absolute atomic E-state index is 12.0. The predicted molar refractivity (Wildman–Crippen MR) is 87.1 cm³/mol. The summed E-state index contributed by atoms with van der Waals surface area (Å²) in [5.74, 6) is 0.103. The number of hydrogen-bond donors (Lipinski definition) is 1. The van der Waals surface area contributed by atoms with Gasteiger partial charge in [-0.2, -0.15) is 0 Å². The molecule has 1 atom stereocenters. The fraction of sp³-hybridized carbons (Fsp3) is 0.316. The van der Waals surface area contributed by atoms with Crippen LogP contribution in [0, 0.1) is 0 Å². The fourth-order valence-electron chi connectivity index (χ4n) is 2.34. The zero-order valence-corrected chi connectivity index (χ0v) is 12.8. The molecule has 0 aliphatic heterocycles. The molecule has 0 radical (unpaired) electrons. The Morgan fingerprint density at radius 2 is 1.67 bits per heavy atom. The highest BCUT2D eigenvalue weighted by Crippen LogP contribution is 2.14. The molecule has 1 amide bonds. The van der Waals surface area contributed by atoms with E-state index in [0.717, 1.165) is 18.4 Å². The van der Waals surface area contributed by atoms with Crippen molar-refractivity contribution in [3.8, 4) is 0 Å². The minimum Gasteiger partial charge on any atom is -0.350 e. The van der Waals surface area contributed by atoms with E-state index in [0.29, 0.717) is 6.42 Å². The van der Waals surface area contributed by atoms with Crippen molar-refractivity contribution in [2.45, 2.75) is 39.2 Å². The summed E-state index contributed by atoms with van der Waals surface area (Å²) in [4.78, 5) is 12.0. The van der Waals surface area contributed by atoms with Crippen LogP contribution < -0.4 is 5.32 Å². The van der Waals surface area contributed by atoms with E-state index in [1.54, 1.807) is 0 Å². The first-order valence-electron chi connectivity index (χ1n) is 7.61. The van der Waals surface area contributed by atoms with Crippen LogP contribution in [-0.4, -0.2) is 5.91 Å². The minimum absolute atomic E-state index is 0.0548. The molecule has 0 aliphatic rings. The molecule has 0 saturated heterocycles. The van der Waals surface area contributed by atoms with Crippen LogP contribution in [0.1, 0.15) is 43.0 Å². The van der Waals surface area contributed by atoms with E-state index in [2.05, 4.69) is 48.6 Å². The summed E-state index contributed by atoms with van der Waals surface area (Å²) in [7, 11) is 0. The number of hydrogen-bond acceptors (Lipinski definition) is 1. The van der Waals surface area contributed by atoms with E-state index < -0.39 is 0 Å². The van der Waals surface area contributed by atoms with Crippen molar-refractivity contribution >= 4 is 5.91 Å². The molecular weight excluding hydrogens is 258 g/mol. The highest BCUT2D eigenvalue weighted by Gasteiger charge is 2.09. The van der Waals surface area contributed by atoms with Crippen LogP contribution >= 0.6 is 0 Å². The van der Waals surface area contributed by atoms with E-state index in [1.165, 1.54) is 11.1 Å². The molecule has 1 unspecified atom stereocenters. The van der Waals surface area contributed by atoms with Crippen molar-refractivity contribution in [2.24, 2.45) is 0 Å². The maximum Gasteiger partial charge on any atom is 0.220 e. The zero-order chi connectivity index (χ0) is 15.1. The molecule has 21 heavy (non-hydrogen) atoms. The van der Waals surface area contributed by atoms with E-state index in [-0.39, 0.29) is 11.9 Å². The van der Waals surface area contributed by atoms with Crippen molar-refractivity contribution in [2.75, 3.05) is 0 Å². The van der Waals surface area contributed by atoms with Gasteiger partial charge in [-0.05, 0) is 36.5 Å². The molecule has 0 spiro atoms. The predicted octanol–water partition coefficient (Wildman–Crippen LogP) is 4.06. The standard InChI is InChI=1S/C19H23NO/c1-3-16-9-12-18(13-10-16)15(2)20-19(21)14-11-17-7-5-4-6-8-17/h4-10,12-13,15H,3,11,14H2,1-2H3,(H,20,21). The van der Waals surface area contributed by atoms with E-state index in [1.807, 2.05) is 25.1 Å². The molecule has 0 aliphatic carbocycles. The monoisotopic (exact) mass is 281 g/mol. The average Bonchev–Trinajstić information content (AvgIpc) is 2.54. The molecular formula is C19H23NO. The zero-order valence-electron chi connectivity index (χ0n) is 12.8. The fourth-order valence-corrected chi connectivity index (χ4v) is 2.34. The molecule has 0 fully saturated rings. The number of carbonyl (C=O) groups excluding carboxylic acids is 1. The van der Waals surface area contributed by atoms with Crippen LogP contribution in [0.3, 0.4) is 0 Å². The van der Waals surface area contributed by atoms with Gasteiger partial charge >= 0.3 is 0 Å². The minimum atomic E-state index is 0.0548. The van der Waals surface area contributed by atoms with Gasteiger partial charge in [-0.3, -0.25) is 4.79 Å². The summed E-state index contributed by atoms with van der Waals surface area (Å²) >= 11 is 0. The first kappa shape index (κ1) is 15.3. The normalized spacial score (nSPS) is 11.9. The number of rotatable bonds is 6. The van der Waals surface area contributed by atoms with Crippen LogP contribution in [-0.2, 0) is 17.6 Å². The highest BCUT2D eigenvalue weighted by atomic mass is 16.1. The lowest BCUT2D eigenvalue weighted by Gasteiger charge is -2.15. The second kappa shape index (κ2) is 7.63. The molecule has 110 valence electrons. The Bertz CT molecular complexity index is 560. The summed E-state index contributed by atoms with van der Waals surface area (Å²) in [5.41, 5.74) is 3.68. The highest BCUT2D eigenvalue weighted by molar-refractivity contribution is 5.76. The third-order valence-electron chi connectivity index (χ3n) is 3.75. The third kappa shape index (κ3) is 4.75. The van der Waals surface area contributed by atoms with Crippen molar-refractivity contribution in [1.82, 2.24) is 5.32 Å². The molecule has 0 aromatic heterocycles. The van der Waals surface area contributed by atoms with Gasteiger partial charge in [0, 0.05) is 6.42 Å². The van der Waals surface area contributed by atoms with Crippen molar-refractivity contribution in [3.63, 3.8) is 0 Å². The van der Waals surface area contributed by atoms with E-state index in [9.17, 15) is 4.79 Å². The van der Waals surface area contributed by atoms with Gasteiger partial charge in [0.2, 0.25) is 5.91 Å². The second-order valence-corrected chi connectivity index (χ2v) is 5.37. The SMILES string of the molecule is CCc1ccc(C(C)NC(=O)CCc2ccccc2)cc1. The number of benzene rings is 2. The Morgan fingerprint density at radius 1 is 1.00 bits per heavy atom. The van der Waals surface area contributed by atoms with Crippen LogP contribution in [0.25, 0.3) is 0 Å². The topological polar surface area (TPSA) is 29.1 Å². The number of aryl methyl sites for hydroxylation is 2. The second-order valence-electron chi connectivity index (χ2n) is 5.37. The van der Waals surface area contributed by atoms with Crippen molar-refractivity contribution in [1.29, 1.82) is 0 Å². The van der Waals surface area contributed by atoms with Gasteiger partial charge in [0.15, 0.2) is 0 Å². The van der Waals surface area contributed by atoms with Crippen molar-refractivity contribution in [3.05, 3.63) is 71.3 Å². The lowest BCUT2D eigenvalue weighted by Crippen LogP contribution is -2.26. The van der Waals surface area contributed by atoms with Gasteiger partial charge < -0.3 is 5.32 Å². The Kier molecular flexibility index (Phi) is 5.56. The molecule has 2 aromatic carbocycles. The molecule has 0 saturated carbocycles. The molecule has 0 heterocycles. The summed E-state index contributed by atoms with van der Waals surface area (Å²) < 4.78 is 0. The van der Waals surface area contributed by atoms with Crippen LogP contribution in [0.15, 0.2) is 54.6 Å². The smallest absolute Gasteiger partial charge is 0.220 e. The quantitative estimate of drug-likeness (QED) is 0.850. The Morgan fingerprint density at radius 3 is 2.29 bits per heavy atom. The lowest BCUT2D eigenvalue weighted by atomic mass is 10.0. The number of nitrogens with one attached hydrogen (secondary N) is 1. The van der Waals surface area contributed by atoms with Gasteiger partial charge in [-0.25, -0.2) is 0 Å². The summed E-state index contributed by atoms with van der Waals surface area (Å²) in [6.07, 6.45) is 2.35. The average molecular weight is 281 g/mol. The van der Waals surface area contributed by atoms with Crippen LogP contribution in [0.4, 0.5) is 0 Å². The van der Waals surface area contributed by atoms with Crippen molar-refractivity contribution < 1.29 is 4.79 Å². The van der Waals surface area contributed by atoms with Gasteiger partial charge in [-0.15, -0.1) is 0 Å². The molecule has 2 nitrogen and oxygen atoms in total. The third-order valence-corrected chi connectivity index (χ3v) is 3.75. The molecule has 2 heteroatoms. The van der Waals surface area contributed by atoms with E-state index in [4.69, 9.17) is 0 Å². The summed E-state index contributed by atoms with van der Waals surface area (Å²) in [6.45, 7) is 4.17. The summed E-state index contributed by atoms with van der Waals surface area (Å²) in [6, 6.07) is 18.6. The van der Waals surface area contributed by atoms with E-state index >= 15 is 0 Å². The molecule has 2 aromatic rings. The Labute approximate surface area is 127 Å². The first-order chi connectivity index (χ1) is 10.2. The first-order valence-corrected chi connectivity index (χ1v) is 7.61. The lowest BCUT2D eigenvalue weighted by molar-refractivity contribution is -0.121. The van der Waals surface area contributed by atoms with Crippen LogP contribution in [0.5, 0.6) is 0 Å².